The van der Waals surface area contributed by atoms with E-state index in [1.165, 1.54) is 43.5 Å². The van der Waals surface area contributed by atoms with Crippen molar-refractivity contribution < 1.29 is 22.1 Å². The smallest absolute Gasteiger partial charge is 0.339 e. The molecule has 0 radical (unpaired) electrons. The molecule has 0 aliphatic carbocycles. The number of carbonyl (C=O) groups is 1. The maximum atomic E-state index is 12.5. The Hall–Kier alpha value is -3.51. The van der Waals surface area contributed by atoms with Gasteiger partial charge in [-0.05, 0) is 48.0 Å². The molecule has 168 valence electrons. The van der Waals surface area contributed by atoms with Crippen LogP contribution in [0.3, 0.4) is 0 Å². The first-order valence-corrected chi connectivity index (χ1v) is 11.5. The van der Waals surface area contributed by atoms with Crippen molar-refractivity contribution in [1.29, 1.82) is 5.26 Å². The number of carbonyl (C=O) groups excluding carboxylic acids is 1. The summed E-state index contributed by atoms with van der Waals surface area (Å²) in [6.45, 7) is 0. The lowest BCUT2D eigenvalue weighted by Gasteiger charge is -2.11. The van der Waals surface area contributed by atoms with E-state index in [1.807, 2.05) is 6.07 Å². The van der Waals surface area contributed by atoms with E-state index in [9.17, 15) is 18.5 Å². The highest BCUT2D eigenvalue weighted by Gasteiger charge is 2.19. The first-order chi connectivity index (χ1) is 15.7. The summed E-state index contributed by atoms with van der Waals surface area (Å²) in [6.07, 6.45) is 1.31. The number of nitrogens with one attached hydrogen (secondary N) is 1. The molecular formula is C23H16Cl2N2O5S. The number of ether oxygens (including phenoxy) is 1. The number of benzene rings is 3. The molecule has 0 fully saturated rings. The van der Waals surface area contributed by atoms with E-state index < -0.39 is 16.0 Å². The van der Waals surface area contributed by atoms with Crippen molar-refractivity contribution in [2.24, 2.45) is 0 Å². The lowest BCUT2D eigenvalue weighted by atomic mass is 10.1. The van der Waals surface area contributed by atoms with Gasteiger partial charge >= 0.3 is 10.1 Å². The van der Waals surface area contributed by atoms with Crippen LogP contribution in [0, 0.1) is 11.3 Å². The molecule has 33 heavy (non-hydrogen) atoms. The normalized spacial score (nSPS) is 11.4. The van der Waals surface area contributed by atoms with Gasteiger partial charge in [0.15, 0.2) is 11.5 Å². The highest BCUT2D eigenvalue weighted by Crippen LogP contribution is 2.32. The summed E-state index contributed by atoms with van der Waals surface area (Å²) in [6, 6.07) is 18.5. The van der Waals surface area contributed by atoms with Crippen molar-refractivity contribution in [3.63, 3.8) is 0 Å². The zero-order valence-corrected chi connectivity index (χ0v) is 19.4. The van der Waals surface area contributed by atoms with Crippen molar-refractivity contribution in [2.75, 3.05) is 12.4 Å². The van der Waals surface area contributed by atoms with E-state index in [1.54, 1.807) is 36.4 Å². The number of rotatable bonds is 7. The number of halogens is 2. The Balaban J connectivity index is 1.86. The van der Waals surface area contributed by atoms with Crippen molar-refractivity contribution in [3.8, 4) is 17.6 Å². The highest BCUT2D eigenvalue weighted by molar-refractivity contribution is 7.87. The fourth-order valence-electron chi connectivity index (χ4n) is 2.70. The summed E-state index contributed by atoms with van der Waals surface area (Å²) in [5, 5.41) is 12.4. The van der Waals surface area contributed by atoms with Crippen molar-refractivity contribution in [3.05, 3.63) is 87.9 Å². The molecule has 10 heteroatoms. The summed E-state index contributed by atoms with van der Waals surface area (Å²) in [5.41, 5.74) is 0.432. The molecule has 0 aliphatic rings. The first-order valence-electron chi connectivity index (χ1n) is 9.30. The Morgan fingerprint density at radius 1 is 1.03 bits per heavy atom. The predicted molar refractivity (Wildman–Crippen MR) is 126 cm³/mol. The average Bonchev–Trinajstić information content (AvgIpc) is 2.81. The molecule has 1 N–H and O–H groups in total. The molecule has 3 aromatic carbocycles. The summed E-state index contributed by atoms with van der Waals surface area (Å²) >= 11 is 12.0. The molecule has 3 rings (SSSR count). The molecule has 0 saturated heterocycles. The number of nitriles is 1. The highest BCUT2D eigenvalue weighted by atomic mass is 35.5. The Kier molecular flexibility index (Phi) is 7.61. The predicted octanol–water partition coefficient (Wildman–Crippen LogP) is 5.32. The van der Waals surface area contributed by atoms with Crippen molar-refractivity contribution in [2.45, 2.75) is 4.90 Å². The SMILES string of the molecule is COc1cc(/C=C(\C#N)C(=O)Nc2cccc(Cl)c2Cl)ccc1OS(=O)(=O)c1ccccc1. The van der Waals surface area contributed by atoms with E-state index in [0.717, 1.165) is 0 Å². The zero-order valence-electron chi connectivity index (χ0n) is 17.1. The van der Waals surface area contributed by atoms with Gasteiger partial charge in [0.25, 0.3) is 5.91 Å². The third-order valence-corrected chi connectivity index (χ3v) is 6.36. The third-order valence-electron chi connectivity index (χ3n) is 4.29. The van der Waals surface area contributed by atoms with E-state index in [2.05, 4.69) is 5.32 Å². The van der Waals surface area contributed by atoms with Crippen molar-refractivity contribution in [1.82, 2.24) is 0 Å². The lowest BCUT2D eigenvalue weighted by Crippen LogP contribution is -2.13. The van der Waals surface area contributed by atoms with Crippen LogP contribution in [0.15, 0.2) is 77.2 Å². The molecule has 0 aromatic heterocycles. The fourth-order valence-corrected chi connectivity index (χ4v) is 4.01. The minimum Gasteiger partial charge on any atom is -0.493 e. The number of nitrogens with zero attached hydrogens (tertiary/aromatic N) is 1. The summed E-state index contributed by atoms with van der Waals surface area (Å²) in [4.78, 5) is 12.5. The van der Waals surface area contributed by atoms with Crippen LogP contribution in [-0.4, -0.2) is 21.4 Å². The van der Waals surface area contributed by atoms with Gasteiger partial charge in [-0.25, -0.2) is 0 Å². The van der Waals surface area contributed by atoms with Crippen LogP contribution in [-0.2, 0) is 14.9 Å². The molecule has 0 spiro atoms. The van der Waals surface area contributed by atoms with Gasteiger partial charge in [0.05, 0.1) is 22.8 Å². The molecule has 0 atom stereocenters. The molecule has 0 aliphatic heterocycles. The molecule has 0 heterocycles. The topological polar surface area (TPSA) is 105 Å². The van der Waals surface area contributed by atoms with Gasteiger partial charge in [0.1, 0.15) is 16.5 Å². The Bertz CT molecular complexity index is 1370. The second kappa shape index (κ2) is 10.4. The molecule has 0 bridgehead atoms. The van der Waals surface area contributed by atoms with Gasteiger partial charge in [-0.3, -0.25) is 4.79 Å². The van der Waals surface area contributed by atoms with Gasteiger partial charge in [-0.2, -0.15) is 13.7 Å². The van der Waals surface area contributed by atoms with E-state index in [0.29, 0.717) is 5.56 Å². The zero-order chi connectivity index (χ0) is 24.0. The molecule has 7 nitrogen and oxygen atoms in total. The largest absolute Gasteiger partial charge is 0.493 e. The number of anilines is 1. The Morgan fingerprint density at radius 3 is 2.42 bits per heavy atom. The molecule has 1 amide bonds. The minimum absolute atomic E-state index is 0.0147. The molecule has 0 unspecified atom stereocenters. The average molecular weight is 503 g/mol. The van der Waals surface area contributed by atoms with Gasteiger partial charge < -0.3 is 14.2 Å². The van der Waals surface area contributed by atoms with Crippen molar-refractivity contribution >= 4 is 51.0 Å². The summed E-state index contributed by atoms with van der Waals surface area (Å²) in [7, 11) is -2.74. The van der Waals surface area contributed by atoms with E-state index in [-0.39, 0.29) is 37.7 Å². The van der Waals surface area contributed by atoms with Crippen LogP contribution in [0.2, 0.25) is 10.0 Å². The van der Waals surface area contributed by atoms with E-state index in [4.69, 9.17) is 32.1 Å². The standard InChI is InChI=1S/C23H16Cl2N2O5S/c1-31-21-13-15(10-11-20(21)32-33(29,30)17-6-3-2-4-7-17)12-16(14-26)23(28)27-19-9-5-8-18(24)22(19)25/h2-13H,1H3,(H,27,28)/b16-12+. The van der Waals surface area contributed by atoms with Gasteiger partial charge in [0.2, 0.25) is 0 Å². The van der Waals surface area contributed by atoms with Crippen LogP contribution in [0.1, 0.15) is 5.56 Å². The van der Waals surface area contributed by atoms with Crippen LogP contribution in [0.25, 0.3) is 6.08 Å². The fraction of sp³-hybridized carbons (Fsp3) is 0.0435. The van der Waals surface area contributed by atoms with Crippen LogP contribution < -0.4 is 14.2 Å². The number of hydrogen-bond acceptors (Lipinski definition) is 6. The quantitative estimate of drug-likeness (QED) is 0.266. The van der Waals surface area contributed by atoms with Gasteiger partial charge in [0, 0.05) is 0 Å². The van der Waals surface area contributed by atoms with E-state index >= 15 is 0 Å². The van der Waals surface area contributed by atoms with Gasteiger partial charge in [-0.1, -0.05) is 53.5 Å². The van der Waals surface area contributed by atoms with Crippen LogP contribution in [0.4, 0.5) is 5.69 Å². The lowest BCUT2D eigenvalue weighted by molar-refractivity contribution is -0.112. The molecule has 0 saturated carbocycles. The van der Waals surface area contributed by atoms with Crippen LogP contribution >= 0.6 is 23.2 Å². The monoisotopic (exact) mass is 502 g/mol. The minimum atomic E-state index is -4.08. The number of amides is 1. The second-order valence-corrected chi connectivity index (χ2v) is 8.82. The maximum Gasteiger partial charge on any atom is 0.339 e. The van der Waals surface area contributed by atoms with Gasteiger partial charge in [-0.15, -0.1) is 0 Å². The number of hydrogen-bond donors (Lipinski definition) is 1. The Labute approximate surface area is 200 Å². The third kappa shape index (κ3) is 5.84. The number of methoxy groups -OCH3 is 1. The second-order valence-electron chi connectivity index (χ2n) is 6.49. The maximum absolute atomic E-state index is 12.5. The molecular weight excluding hydrogens is 487 g/mol. The molecule has 3 aromatic rings. The summed E-state index contributed by atoms with van der Waals surface area (Å²) < 4.78 is 35.4. The summed E-state index contributed by atoms with van der Waals surface area (Å²) in [5.74, 6) is -0.654. The van der Waals surface area contributed by atoms with Crippen LogP contribution in [0.5, 0.6) is 11.5 Å². The Morgan fingerprint density at radius 2 is 1.76 bits per heavy atom. The first kappa shape index (κ1) is 24.1.